The van der Waals surface area contributed by atoms with Crippen LogP contribution in [0.4, 0.5) is 11.4 Å². The molecule has 1 N–H and O–H groups in total. The molecule has 0 fully saturated rings. The molecule has 0 aliphatic rings. The number of anilines is 2. The molecule has 18 heavy (non-hydrogen) atoms. The van der Waals surface area contributed by atoms with Crippen LogP contribution in [0.5, 0.6) is 0 Å². The van der Waals surface area contributed by atoms with E-state index in [1.165, 1.54) is 0 Å². The van der Waals surface area contributed by atoms with Crippen LogP contribution >= 0.6 is 0 Å². The molecule has 2 aromatic rings. The summed E-state index contributed by atoms with van der Waals surface area (Å²) in [5, 5.41) is 12.1. The molecule has 0 unspecified atom stereocenters. The lowest BCUT2D eigenvalue weighted by atomic mass is 10.2. The summed E-state index contributed by atoms with van der Waals surface area (Å²) in [7, 11) is 1.66. The number of ether oxygens (including phenoxy) is 1. The molecule has 0 aliphatic heterocycles. The second kappa shape index (κ2) is 5.80. The van der Waals surface area contributed by atoms with Crippen LogP contribution in [0.2, 0.25) is 0 Å². The van der Waals surface area contributed by atoms with Gasteiger partial charge in [-0.2, -0.15) is 5.26 Å². The van der Waals surface area contributed by atoms with Crippen molar-refractivity contribution < 1.29 is 4.74 Å². The first-order valence-electron chi connectivity index (χ1n) is 5.53. The zero-order valence-electron chi connectivity index (χ0n) is 10.1. The Morgan fingerprint density at radius 3 is 3.00 bits per heavy atom. The van der Waals surface area contributed by atoms with E-state index in [1.807, 2.05) is 30.3 Å². The van der Waals surface area contributed by atoms with Crippen LogP contribution in [0.25, 0.3) is 0 Å². The van der Waals surface area contributed by atoms with Gasteiger partial charge in [-0.25, -0.2) is 4.98 Å². The Labute approximate surface area is 106 Å². The quantitative estimate of drug-likeness (QED) is 0.891. The Morgan fingerprint density at radius 1 is 1.33 bits per heavy atom. The van der Waals surface area contributed by atoms with Gasteiger partial charge in [-0.1, -0.05) is 12.1 Å². The van der Waals surface area contributed by atoms with Crippen molar-refractivity contribution in [2.45, 2.75) is 6.61 Å². The first-order chi connectivity index (χ1) is 8.83. The van der Waals surface area contributed by atoms with Crippen molar-refractivity contribution in [2.75, 3.05) is 12.4 Å². The molecule has 0 saturated carbocycles. The highest BCUT2D eigenvalue weighted by Gasteiger charge is 2.02. The molecule has 1 aromatic carbocycles. The number of hydrogen-bond acceptors (Lipinski definition) is 4. The number of pyridine rings is 1. The molecule has 4 nitrogen and oxygen atoms in total. The van der Waals surface area contributed by atoms with Crippen LogP contribution in [-0.2, 0) is 11.3 Å². The SMILES string of the molecule is COCc1cccc(Nc2cccnc2C#N)c1. The van der Waals surface area contributed by atoms with E-state index in [4.69, 9.17) is 10.00 Å². The molecule has 1 heterocycles. The Morgan fingerprint density at radius 2 is 2.22 bits per heavy atom. The fraction of sp³-hybridized carbons (Fsp3) is 0.143. The lowest BCUT2D eigenvalue weighted by Crippen LogP contribution is -1.96. The van der Waals surface area contributed by atoms with Gasteiger partial charge in [0.15, 0.2) is 5.69 Å². The monoisotopic (exact) mass is 239 g/mol. The smallest absolute Gasteiger partial charge is 0.163 e. The molecule has 90 valence electrons. The highest BCUT2D eigenvalue weighted by molar-refractivity contribution is 5.64. The molecule has 2 rings (SSSR count). The standard InChI is InChI=1S/C14H13N3O/c1-18-10-11-4-2-5-12(8-11)17-13-6-3-7-16-14(13)9-15/h2-8,17H,10H2,1H3. The van der Waals surface area contributed by atoms with Gasteiger partial charge in [0, 0.05) is 19.0 Å². The number of nitriles is 1. The lowest BCUT2D eigenvalue weighted by molar-refractivity contribution is 0.185. The first kappa shape index (κ1) is 12.1. The van der Waals surface area contributed by atoms with Gasteiger partial charge in [0.1, 0.15) is 6.07 Å². The van der Waals surface area contributed by atoms with Gasteiger partial charge in [0.25, 0.3) is 0 Å². The van der Waals surface area contributed by atoms with Gasteiger partial charge in [-0.15, -0.1) is 0 Å². The summed E-state index contributed by atoms with van der Waals surface area (Å²) in [5.41, 5.74) is 3.07. The molecule has 1 aromatic heterocycles. The summed E-state index contributed by atoms with van der Waals surface area (Å²) in [6, 6.07) is 13.5. The molecule has 0 saturated heterocycles. The van der Waals surface area contributed by atoms with E-state index >= 15 is 0 Å². The Kier molecular flexibility index (Phi) is 3.90. The molecular weight excluding hydrogens is 226 g/mol. The van der Waals surface area contributed by atoms with Crippen molar-refractivity contribution in [2.24, 2.45) is 0 Å². The van der Waals surface area contributed by atoms with Crippen molar-refractivity contribution in [3.05, 3.63) is 53.9 Å². The molecule has 0 radical (unpaired) electrons. The molecule has 4 heteroatoms. The second-order valence-electron chi connectivity index (χ2n) is 3.77. The predicted molar refractivity (Wildman–Crippen MR) is 69.4 cm³/mol. The fourth-order valence-electron chi connectivity index (χ4n) is 1.66. The summed E-state index contributed by atoms with van der Waals surface area (Å²) in [5.74, 6) is 0. The van der Waals surface area contributed by atoms with Gasteiger partial charge in [0.2, 0.25) is 0 Å². The fourth-order valence-corrected chi connectivity index (χ4v) is 1.66. The highest BCUT2D eigenvalue weighted by Crippen LogP contribution is 2.19. The Balaban J connectivity index is 2.23. The van der Waals surface area contributed by atoms with E-state index in [9.17, 15) is 0 Å². The minimum Gasteiger partial charge on any atom is -0.380 e. The van der Waals surface area contributed by atoms with E-state index in [2.05, 4.69) is 16.4 Å². The van der Waals surface area contributed by atoms with Gasteiger partial charge >= 0.3 is 0 Å². The average molecular weight is 239 g/mol. The molecule has 0 atom stereocenters. The number of rotatable bonds is 4. The Bertz CT molecular complexity index is 575. The molecule has 0 spiro atoms. The van der Waals surface area contributed by atoms with Gasteiger partial charge in [-0.3, -0.25) is 0 Å². The number of nitrogens with zero attached hydrogens (tertiary/aromatic N) is 2. The number of hydrogen-bond donors (Lipinski definition) is 1. The topological polar surface area (TPSA) is 57.9 Å². The normalized spacial score (nSPS) is 9.78. The lowest BCUT2D eigenvalue weighted by Gasteiger charge is -2.08. The van der Waals surface area contributed by atoms with Crippen LogP contribution in [0, 0.1) is 11.3 Å². The largest absolute Gasteiger partial charge is 0.380 e. The summed E-state index contributed by atoms with van der Waals surface area (Å²) in [4.78, 5) is 4.00. The van der Waals surface area contributed by atoms with Crippen LogP contribution in [0.3, 0.4) is 0 Å². The number of aromatic nitrogens is 1. The first-order valence-corrected chi connectivity index (χ1v) is 5.53. The van der Waals surface area contributed by atoms with Crippen LogP contribution in [-0.4, -0.2) is 12.1 Å². The minimum absolute atomic E-state index is 0.384. The summed E-state index contributed by atoms with van der Waals surface area (Å²) >= 11 is 0. The van der Waals surface area contributed by atoms with Gasteiger partial charge in [0.05, 0.1) is 12.3 Å². The van der Waals surface area contributed by atoms with Crippen molar-refractivity contribution in [1.29, 1.82) is 5.26 Å². The summed E-state index contributed by atoms with van der Waals surface area (Å²) in [6.07, 6.45) is 1.60. The number of methoxy groups -OCH3 is 1. The Hall–Kier alpha value is -2.38. The third kappa shape index (κ3) is 2.84. The molecule has 0 amide bonds. The van der Waals surface area contributed by atoms with Gasteiger partial charge < -0.3 is 10.1 Å². The summed E-state index contributed by atoms with van der Waals surface area (Å²) < 4.78 is 5.09. The molecular formula is C14H13N3O. The highest BCUT2D eigenvalue weighted by atomic mass is 16.5. The zero-order valence-corrected chi connectivity index (χ0v) is 10.1. The van der Waals surface area contributed by atoms with E-state index in [0.29, 0.717) is 18.0 Å². The maximum absolute atomic E-state index is 8.96. The maximum atomic E-state index is 8.96. The van der Waals surface area contributed by atoms with E-state index in [-0.39, 0.29) is 0 Å². The molecule has 0 bridgehead atoms. The average Bonchev–Trinajstić information content (AvgIpc) is 2.40. The number of benzene rings is 1. The minimum atomic E-state index is 0.384. The van der Waals surface area contributed by atoms with Crippen LogP contribution in [0.15, 0.2) is 42.6 Å². The van der Waals surface area contributed by atoms with E-state index < -0.39 is 0 Å². The third-order valence-electron chi connectivity index (χ3n) is 2.43. The predicted octanol–water partition coefficient (Wildman–Crippen LogP) is 2.84. The van der Waals surface area contributed by atoms with Crippen molar-refractivity contribution in [3.63, 3.8) is 0 Å². The van der Waals surface area contributed by atoms with Gasteiger partial charge in [-0.05, 0) is 29.8 Å². The van der Waals surface area contributed by atoms with Crippen LogP contribution < -0.4 is 5.32 Å². The molecule has 0 aliphatic carbocycles. The second-order valence-corrected chi connectivity index (χ2v) is 3.77. The van der Waals surface area contributed by atoms with Crippen LogP contribution in [0.1, 0.15) is 11.3 Å². The van der Waals surface area contributed by atoms with Crippen molar-refractivity contribution in [3.8, 4) is 6.07 Å². The van der Waals surface area contributed by atoms with E-state index in [1.54, 1.807) is 19.4 Å². The van der Waals surface area contributed by atoms with E-state index in [0.717, 1.165) is 11.3 Å². The summed E-state index contributed by atoms with van der Waals surface area (Å²) in [6.45, 7) is 0.563. The van der Waals surface area contributed by atoms with Crippen molar-refractivity contribution in [1.82, 2.24) is 4.98 Å². The number of nitrogens with one attached hydrogen (secondary N) is 1. The zero-order chi connectivity index (χ0) is 12.8. The third-order valence-corrected chi connectivity index (χ3v) is 2.43. The maximum Gasteiger partial charge on any atom is 0.163 e. The van der Waals surface area contributed by atoms with Crippen molar-refractivity contribution >= 4 is 11.4 Å².